The molecule has 11 heavy (non-hydrogen) atoms. The highest BCUT2D eigenvalue weighted by Crippen LogP contribution is 2.26. The Morgan fingerprint density at radius 2 is 1.27 bits per heavy atom. The molecule has 0 aliphatic carbocycles. The maximum absolute atomic E-state index is 2.41. The molecule has 0 N–H and O–H groups in total. The Kier molecular flexibility index (Phi) is 6.39. The number of hydrogen-bond acceptors (Lipinski definition) is 0. The zero-order chi connectivity index (χ0) is 8.74. The fourth-order valence-corrected chi connectivity index (χ4v) is 6.35. The van der Waals surface area contributed by atoms with Gasteiger partial charge in [0.05, 0.1) is 0 Å². The van der Waals surface area contributed by atoms with Crippen molar-refractivity contribution in [2.75, 3.05) is 0 Å². The molecule has 0 aromatic rings. The van der Waals surface area contributed by atoms with Gasteiger partial charge >= 0.3 is 0 Å². The molecule has 0 saturated carbocycles. The smallest absolute Gasteiger partial charge is 0.133 e. The van der Waals surface area contributed by atoms with Crippen molar-refractivity contribution >= 4 is 13.1 Å². The van der Waals surface area contributed by atoms with E-state index in [0.717, 1.165) is 0 Å². The van der Waals surface area contributed by atoms with Crippen LogP contribution in [0.5, 0.6) is 0 Å². The van der Waals surface area contributed by atoms with E-state index in [4.69, 9.17) is 0 Å². The van der Waals surface area contributed by atoms with E-state index in [1.54, 1.807) is 5.28 Å². The summed E-state index contributed by atoms with van der Waals surface area (Å²) in [4.78, 5) is 0. The Labute approximate surface area is 75.1 Å². The molecular weight excluding hydrogens is 147 g/mol. The number of rotatable bonds is 6. The third kappa shape index (κ3) is 3.63. The van der Waals surface area contributed by atoms with Gasteiger partial charge in [-0.2, -0.15) is 21.1 Å². The van der Waals surface area contributed by atoms with Crippen LogP contribution >= 0.6 is 0 Å². The topological polar surface area (TPSA) is 0 Å². The highest BCUT2D eigenvalue weighted by Gasteiger charge is 2.21. The van der Waals surface area contributed by atoms with Gasteiger partial charge < -0.3 is 0 Å². The summed E-state index contributed by atoms with van der Waals surface area (Å²) in [6.07, 6.45) is 2.88. The molecule has 0 aliphatic rings. The Hall–Kier alpha value is 0.532. The standard InChI is InChI=1S/C4H9.3C2H5.Al/c1-3-4-2;3*1-2;/h1,3-4H2,2H3;3*1H2,2H3;/q;;;;-1. The van der Waals surface area contributed by atoms with Crippen molar-refractivity contribution in [1.82, 2.24) is 0 Å². The van der Waals surface area contributed by atoms with Crippen molar-refractivity contribution in [2.24, 2.45) is 0 Å². The van der Waals surface area contributed by atoms with Crippen molar-refractivity contribution in [3.05, 3.63) is 0 Å². The first-order valence-corrected chi connectivity index (χ1v) is 8.73. The van der Waals surface area contributed by atoms with Gasteiger partial charge in [-0.3, -0.25) is 0 Å². The van der Waals surface area contributed by atoms with Gasteiger partial charge in [-0.05, 0) is 0 Å². The SMILES string of the molecule is CCC[CH2][Al-]([CH2]C)([CH2]C)[CH2]C. The summed E-state index contributed by atoms with van der Waals surface area (Å²) in [6.45, 7) is 9.54. The van der Waals surface area contributed by atoms with Gasteiger partial charge in [-0.1, -0.05) is 19.8 Å². The molecule has 0 rings (SSSR count). The highest BCUT2D eigenvalue weighted by molar-refractivity contribution is 6.79. The monoisotopic (exact) mass is 171 g/mol. The second-order valence-corrected chi connectivity index (χ2v) is 10.6. The lowest BCUT2D eigenvalue weighted by Gasteiger charge is -2.32. The zero-order valence-corrected chi connectivity index (χ0v) is 9.97. The highest BCUT2D eigenvalue weighted by atomic mass is 27.2. The van der Waals surface area contributed by atoms with E-state index >= 15 is 0 Å². The summed E-state index contributed by atoms with van der Waals surface area (Å²) in [7, 11) is 0. The summed E-state index contributed by atoms with van der Waals surface area (Å²) in [6, 6.07) is 0. The van der Waals surface area contributed by atoms with Crippen LogP contribution in [0.4, 0.5) is 0 Å². The third-order valence-electron chi connectivity index (χ3n) is 3.77. The van der Waals surface area contributed by atoms with Crippen LogP contribution in [0.3, 0.4) is 0 Å². The molecule has 0 aromatic carbocycles. The second-order valence-electron chi connectivity index (χ2n) is 4.10. The summed E-state index contributed by atoms with van der Waals surface area (Å²) in [5.74, 6) is 0. The van der Waals surface area contributed by atoms with Gasteiger partial charge in [-0.25, -0.2) is 0 Å². The molecule has 0 atom stereocenters. The van der Waals surface area contributed by atoms with Gasteiger partial charge in [0.1, 0.15) is 13.1 Å². The first kappa shape index (κ1) is 11.5. The van der Waals surface area contributed by atoms with Crippen molar-refractivity contribution in [2.45, 2.75) is 61.7 Å². The van der Waals surface area contributed by atoms with E-state index in [1.807, 2.05) is 0 Å². The van der Waals surface area contributed by atoms with Crippen LogP contribution in [0.1, 0.15) is 40.5 Å². The van der Waals surface area contributed by atoms with E-state index in [0.29, 0.717) is 0 Å². The predicted molar refractivity (Wildman–Crippen MR) is 56.9 cm³/mol. The summed E-state index contributed by atoms with van der Waals surface area (Å²) in [5, 5.41) is 6.19. The lowest BCUT2D eigenvalue weighted by molar-refractivity contribution is 0.852. The molecule has 0 nitrogen and oxygen atoms in total. The molecular formula is C10H24Al-. The van der Waals surface area contributed by atoms with Crippen LogP contribution in [0.2, 0.25) is 21.1 Å². The molecule has 0 unspecified atom stereocenters. The predicted octanol–water partition coefficient (Wildman–Crippen LogP) is 4.30. The average molecular weight is 171 g/mol. The van der Waals surface area contributed by atoms with Gasteiger partial charge in [0.15, 0.2) is 0 Å². The molecule has 68 valence electrons. The van der Waals surface area contributed by atoms with Crippen molar-refractivity contribution in [3.8, 4) is 0 Å². The molecule has 0 spiro atoms. The van der Waals surface area contributed by atoms with Gasteiger partial charge in [-0.15, -0.1) is 20.8 Å². The minimum absolute atomic E-state index is 1.02. The fourth-order valence-electron chi connectivity index (χ4n) is 2.12. The van der Waals surface area contributed by atoms with Crippen LogP contribution in [-0.2, 0) is 0 Å². The number of hydrogen-bond donors (Lipinski definition) is 0. The van der Waals surface area contributed by atoms with Crippen LogP contribution < -0.4 is 0 Å². The lowest BCUT2D eigenvalue weighted by atomic mass is 10.4. The summed E-state index contributed by atoms with van der Waals surface area (Å²) >= 11 is -1.02. The molecule has 0 heterocycles. The Bertz CT molecular complexity index is 76.6. The summed E-state index contributed by atoms with van der Waals surface area (Å²) in [5.41, 5.74) is 0. The van der Waals surface area contributed by atoms with Crippen LogP contribution in [0.15, 0.2) is 0 Å². The molecule has 1 heteroatoms. The first-order valence-electron chi connectivity index (χ1n) is 5.46. The Morgan fingerprint density at radius 1 is 0.818 bits per heavy atom. The molecule has 0 aromatic heterocycles. The summed E-state index contributed by atoms with van der Waals surface area (Å²) < 4.78 is 0. The molecule has 0 amide bonds. The fraction of sp³-hybridized carbons (Fsp3) is 1.00. The molecule has 0 aliphatic heterocycles. The van der Waals surface area contributed by atoms with Crippen molar-refractivity contribution < 1.29 is 0 Å². The normalized spacial score (nSPS) is 12.0. The Balaban J connectivity index is 3.84. The minimum atomic E-state index is -1.02. The van der Waals surface area contributed by atoms with Crippen LogP contribution in [-0.4, -0.2) is 13.1 Å². The van der Waals surface area contributed by atoms with Crippen molar-refractivity contribution in [1.29, 1.82) is 0 Å². The van der Waals surface area contributed by atoms with Crippen LogP contribution in [0.25, 0.3) is 0 Å². The van der Waals surface area contributed by atoms with Gasteiger partial charge in [0, 0.05) is 0 Å². The molecule has 0 radical (unpaired) electrons. The Morgan fingerprint density at radius 3 is 1.55 bits per heavy atom. The third-order valence-corrected chi connectivity index (χ3v) is 10.6. The maximum Gasteiger partial charge on any atom is 0.133 e. The molecule has 0 bridgehead atoms. The number of unbranched alkanes of at least 4 members (excludes halogenated alkanes) is 1. The molecule has 0 fully saturated rings. The molecule has 0 saturated heterocycles. The van der Waals surface area contributed by atoms with Gasteiger partial charge in [0.2, 0.25) is 0 Å². The largest absolute Gasteiger partial charge is 0.194 e. The zero-order valence-electron chi connectivity index (χ0n) is 8.82. The van der Waals surface area contributed by atoms with E-state index < -0.39 is 13.1 Å². The minimum Gasteiger partial charge on any atom is -0.194 e. The quantitative estimate of drug-likeness (QED) is 0.523. The van der Waals surface area contributed by atoms with Crippen molar-refractivity contribution in [3.63, 3.8) is 0 Å². The van der Waals surface area contributed by atoms with E-state index in [9.17, 15) is 0 Å². The van der Waals surface area contributed by atoms with Crippen LogP contribution in [0, 0.1) is 0 Å². The van der Waals surface area contributed by atoms with E-state index in [-0.39, 0.29) is 0 Å². The first-order chi connectivity index (χ1) is 5.24. The van der Waals surface area contributed by atoms with E-state index in [2.05, 4.69) is 27.7 Å². The maximum atomic E-state index is 2.41. The van der Waals surface area contributed by atoms with E-state index in [1.165, 1.54) is 28.7 Å². The average Bonchev–Trinajstić information content (AvgIpc) is 2.08. The van der Waals surface area contributed by atoms with Gasteiger partial charge in [0.25, 0.3) is 0 Å². The second kappa shape index (κ2) is 6.09. The lowest BCUT2D eigenvalue weighted by Crippen LogP contribution is -2.30.